The SMILES string of the molecule is CCC(=O)NCNC(=O)NC. The third kappa shape index (κ3) is 5.20. The summed E-state index contributed by atoms with van der Waals surface area (Å²) < 4.78 is 0. The summed E-state index contributed by atoms with van der Waals surface area (Å²) >= 11 is 0. The van der Waals surface area contributed by atoms with Gasteiger partial charge in [-0.2, -0.15) is 0 Å². The van der Waals surface area contributed by atoms with Crippen LogP contribution in [0.15, 0.2) is 0 Å². The lowest BCUT2D eigenvalue weighted by Gasteiger charge is -2.04. The van der Waals surface area contributed by atoms with E-state index in [-0.39, 0.29) is 18.6 Å². The summed E-state index contributed by atoms with van der Waals surface area (Å²) in [6.07, 6.45) is 0.426. The van der Waals surface area contributed by atoms with Crippen LogP contribution >= 0.6 is 0 Å². The molecule has 0 saturated heterocycles. The molecular weight excluding hydrogens is 146 g/mol. The minimum Gasteiger partial charge on any atom is -0.341 e. The number of urea groups is 1. The van der Waals surface area contributed by atoms with Crippen molar-refractivity contribution in [3.05, 3.63) is 0 Å². The first-order valence-corrected chi connectivity index (χ1v) is 3.43. The Morgan fingerprint density at radius 2 is 1.91 bits per heavy atom. The van der Waals surface area contributed by atoms with Crippen LogP contribution < -0.4 is 16.0 Å². The van der Waals surface area contributed by atoms with E-state index in [4.69, 9.17) is 0 Å². The Bertz CT molecular complexity index is 131. The predicted octanol–water partition coefficient (Wildman–Crippen LogP) is -0.601. The van der Waals surface area contributed by atoms with Gasteiger partial charge < -0.3 is 16.0 Å². The van der Waals surface area contributed by atoms with Crippen molar-refractivity contribution >= 4 is 11.9 Å². The number of carbonyl (C=O) groups excluding carboxylic acids is 2. The summed E-state index contributed by atoms with van der Waals surface area (Å²) in [7, 11) is 1.51. The quantitative estimate of drug-likeness (QED) is 0.481. The molecule has 0 atom stereocenters. The smallest absolute Gasteiger partial charge is 0.315 e. The molecule has 0 rings (SSSR count). The molecule has 0 aliphatic rings. The van der Waals surface area contributed by atoms with Crippen molar-refractivity contribution in [2.75, 3.05) is 13.7 Å². The molecule has 0 unspecified atom stereocenters. The number of carbonyl (C=O) groups is 2. The van der Waals surface area contributed by atoms with Crippen LogP contribution in [0.5, 0.6) is 0 Å². The van der Waals surface area contributed by atoms with Gasteiger partial charge in [-0.3, -0.25) is 4.79 Å². The summed E-state index contributed by atoms with van der Waals surface area (Å²) in [5.41, 5.74) is 0. The largest absolute Gasteiger partial charge is 0.341 e. The molecule has 0 aromatic rings. The highest BCUT2D eigenvalue weighted by atomic mass is 16.2. The second kappa shape index (κ2) is 5.52. The molecule has 0 radical (unpaired) electrons. The second-order valence-electron chi connectivity index (χ2n) is 1.89. The van der Waals surface area contributed by atoms with Crippen LogP contribution in [0.25, 0.3) is 0 Å². The Balaban J connectivity index is 3.27. The van der Waals surface area contributed by atoms with E-state index in [0.717, 1.165) is 0 Å². The molecule has 11 heavy (non-hydrogen) atoms. The number of hydrogen-bond donors (Lipinski definition) is 3. The Kier molecular flexibility index (Phi) is 4.89. The fourth-order valence-electron chi connectivity index (χ4n) is 0.436. The molecule has 0 saturated carbocycles. The topological polar surface area (TPSA) is 70.2 Å². The lowest BCUT2D eigenvalue weighted by Crippen LogP contribution is -2.41. The lowest BCUT2D eigenvalue weighted by atomic mass is 10.5. The highest BCUT2D eigenvalue weighted by Gasteiger charge is 1.96. The Morgan fingerprint density at radius 1 is 1.27 bits per heavy atom. The fourth-order valence-corrected chi connectivity index (χ4v) is 0.436. The second-order valence-corrected chi connectivity index (χ2v) is 1.89. The molecule has 0 aliphatic heterocycles. The van der Waals surface area contributed by atoms with Gasteiger partial charge in [-0.25, -0.2) is 4.79 Å². The van der Waals surface area contributed by atoms with Crippen molar-refractivity contribution in [1.29, 1.82) is 0 Å². The summed E-state index contributed by atoms with van der Waals surface area (Å²) in [6, 6.07) is -0.304. The van der Waals surface area contributed by atoms with E-state index in [9.17, 15) is 9.59 Å². The van der Waals surface area contributed by atoms with Gasteiger partial charge in [0.05, 0.1) is 6.67 Å². The third-order valence-corrected chi connectivity index (χ3v) is 1.08. The number of rotatable bonds is 3. The van der Waals surface area contributed by atoms with Crippen molar-refractivity contribution in [2.24, 2.45) is 0 Å². The maximum Gasteiger partial charge on any atom is 0.315 e. The molecule has 0 fully saturated rings. The van der Waals surface area contributed by atoms with Crippen molar-refractivity contribution in [3.63, 3.8) is 0 Å². The highest BCUT2D eigenvalue weighted by molar-refractivity contribution is 5.77. The summed E-state index contributed by atoms with van der Waals surface area (Å²) in [4.78, 5) is 21.1. The monoisotopic (exact) mass is 159 g/mol. The molecule has 0 aromatic heterocycles. The van der Waals surface area contributed by atoms with E-state index >= 15 is 0 Å². The van der Waals surface area contributed by atoms with Crippen LogP contribution in [-0.4, -0.2) is 25.7 Å². The Labute approximate surface area is 65.5 Å². The van der Waals surface area contributed by atoms with Crippen molar-refractivity contribution in [3.8, 4) is 0 Å². The lowest BCUT2D eigenvalue weighted by molar-refractivity contribution is -0.120. The molecule has 5 nitrogen and oxygen atoms in total. The van der Waals surface area contributed by atoms with Crippen LogP contribution in [0.1, 0.15) is 13.3 Å². The zero-order valence-corrected chi connectivity index (χ0v) is 6.73. The van der Waals surface area contributed by atoms with E-state index in [1.807, 2.05) is 0 Å². The number of amides is 3. The first kappa shape index (κ1) is 9.74. The first-order valence-electron chi connectivity index (χ1n) is 3.43. The van der Waals surface area contributed by atoms with Gasteiger partial charge in [-0.1, -0.05) is 6.92 Å². The molecule has 3 N–H and O–H groups in total. The average Bonchev–Trinajstić information content (AvgIpc) is 2.04. The van der Waals surface area contributed by atoms with Crippen LogP contribution in [0.2, 0.25) is 0 Å². The molecule has 5 heteroatoms. The molecular formula is C6H13N3O2. The normalized spacial score (nSPS) is 8.55. The number of hydrogen-bond acceptors (Lipinski definition) is 2. The molecule has 0 spiro atoms. The fraction of sp³-hybridized carbons (Fsp3) is 0.667. The third-order valence-electron chi connectivity index (χ3n) is 1.08. The molecule has 3 amide bonds. The minimum atomic E-state index is -0.304. The molecule has 0 heterocycles. The van der Waals surface area contributed by atoms with Gasteiger partial charge in [-0.15, -0.1) is 0 Å². The predicted molar refractivity (Wildman–Crippen MR) is 40.9 cm³/mol. The van der Waals surface area contributed by atoms with Gasteiger partial charge in [0.15, 0.2) is 0 Å². The first-order chi connectivity index (χ1) is 5.20. The van der Waals surface area contributed by atoms with Crippen molar-refractivity contribution in [2.45, 2.75) is 13.3 Å². The van der Waals surface area contributed by atoms with Crippen LogP contribution in [-0.2, 0) is 4.79 Å². The number of nitrogens with one attached hydrogen (secondary N) is 3. The molecule has 0 bridgehead atoms. The van der Waals surface area contributed by atoms with E-state index < -0.39 is 0 Å². The van der Waals surface area contributed by atoms with Crippen LogP contribution in [0.4, 0.5) is 4.79 Å². The maximum atomic E-state index is 10.6. The average molecular weight is 159 g/mol. The molecule has 64 valence electrons. The van der Waals surface area contributed by atoms with E-state index in [1.54, 1.807) is 6.92 Å². The Hall–Kier alpha value is -1.26. The summed E-state index contributed by atoms with van der Waals surface area (Å²) in [5.74, 6) is -0.0820. The van der Waals surface area contributed by atoms with E-state index in [0.29, 0.717) is 6.42 Å². The van der Waals surface area contributed by atoms with Crippen molar-refractivity contribution < 1.29 is 9.59 Å². The highest BCUT2D eigenvalue weighted by Crippen LogP contribution is 1.71. The van der Waals surface area contributed by atoms with E-state index in [1.165, 1.54) is 7.05 Å². The van der Waals surface area contributed by atoms with Gasteiger partial charge in [0.1, 0.15) is 0 Å². The van der Waals surface area contributed by atoms with Gasteiger partial charge in [0.2, 0.25) is 5.91 Å². The Morgan fingerprint density at radius 3 is 2.36 bits per heavy atom. The molecule has 0 aromatic carbocycles. The standard InChI is InChI=1S/C6H13N3O2/c1-3-5(10)8-4-9-6(11)7-2/h3-4H2,1-2H3,(H,8,10)(H2,7,9,11). The summed E-state index contributed by atoms with van der Waals surface area (Å²) in [5, 5.41) is 7.26. The van der Waals surface area contributed by atoms with Crippen molar-refractivity contribution in [1.82, 2.24) is 16.0 Å². The van der Waals surface area contributed by atoms with Gasteiger partial charge in [-0.05, 0) is 0 Å². The van der Waals surface area contributed by atoms with Gasteiger partial charge in [0, 0.05) is 13.5 Å². The molecule has 0 aliphatic carbocycles. The minimum absolute atomic E-state index is 0.0820. The van der Waals surface area contributed by atoms with Gasteiger partial charge >= 0.3 is 6.03 Å². The zero-order valence-electron chi connectivity index (χ0n) is 6.73. The van der Waals surface area contributed by atoms with Crippen LogP contribution in [0, 0.1) is 0 Å². The maximum absolute atomic E-state index is 10.6. The van der Waals surface area contributed by atoms with Crippen LogP contribution in [0.3, 0.4) is 0 Å². The van der Waals surface area contributed by atoms with E-state index in [2.05, 4.69) is 16.0 Å². The zero-order chi connectivity index (χ0) is 8.69. The summed E-state index contributed by atoms with van der Waals surface area (Å²) in [6.45, 7) is 1.92. The van der Waals surface area contributed by atoms with Gasteiger partial charge in [0.25, 0.3) is 0 Å².